The Morgan fingerprint density at radius 2 is 1.17 bits per heavy atom. The fourth-order valence-corrected chi connectivity index (χ4v) is 5.75. The maximum absolute atomic E-state index is 14.3. The molecule has 218 valence electrons. The van der Waals surface area contributed by atoms with Crippen LogP contribution in [0.25, 0.3) is 15.6 Å². The molecule has 0 saturated heterocycles. The molecule has 0 N–H and O–H groups in total. The lowest BCUT2D eigenvalue weighted by Gasteiger charge is -2.33. The molecule has 11 nitrogen and oxygen atoms in total. The molecule has 2 aliphatic rings. The summed E-state index contributed by atoms with van der Waals surface area (Å²) in [4.78, 5) is 61.4. The van der Waals surface area contributed by atoms with E-state index in [0.717, 1.165) is 9.80 Å². The van der Waals surface area contributed by atoms with Gasteiger partial charge in [-0.3, -0.25) is 19.2 Å². The largest absolute Gasteiger partial charge is 0.456 e. The number of benzene rings is 5. The maximum Gasteiger partial charge on any atom is 0.269 e. The number of amides is 4. The first-order valence-corrected chi connectivity index (χ1v) is 13.8. The minimum absolute atomic E-state index is 0.0143. The van der Waals surface area contributed by atoms with E-state index in [1.807, 2.05) is 18.2 Å². The van der Waals surface area contributed by atoms with Crippen molar-refractivity contribution in [3.63, 3.8) is 0 Å². The third-order valence-corrected chi connectivity index (χ3v) is 7.92. The van der Waals surface area contributed by atoms with E-state index in [0.29, 0.717) is 11.3 Å². The Labute approximate surface area is 265 Å². The SMILES string of the molecule is [C-]#[N+]c1ccc(N2C(=O)c3ccc4c5c(cc(Oc6ccc(C#N)c(C#N)c6)c(c35)C2=O)C(=O)N(c2ccc(C#N)cc2)C4=O)cc1. The quantitative estimate of drug-likeness (QED) is 0.167. The van der Waals surface area contributed by atoms with Gasteiger partial charge >= 0.3 is 0 Å². The van der Waals surface area contributed by atoms with E-state index < -0.39 is 23.6 Å². The minimum atomic E-state index is -0.805. The number of hydrogen-bond donors (Lipinski definition) is 0. The van der Waals surface area contributed by atoms with Crippen molar-refractivity contribution >= 4 is 51.5 Å². The predicted molar refractivity (Wildman–Crippen MR) is 166 cm³/mol. The lowest BCUT2D eigenvalue weighted by molar-refractivity contribution is 0.0871. The maximum atomic E-state index is 14.3. The molecule has 0 bridgehead atoms. The summed E-state index contributed by atoms with van der Waals surface area (Å²) in [5.74, 6) is -3.03. The molecule has 2 heterocycles. The highest BCUT2D eigenvalue weighted by molar-refractivity contribution is 6.42. The molecule has 2 aliphatic heterocycles. The summed E-state index contributed by atoms with van der Waals surface area (Å²) >= 11 is 0. The van der Waals surface area contributed by atoms with Crippen LogP contribution >= 0.6 is 0 Å². The van der Waals surface area contributed by atoms with Crippen molar-refractivity contribution in [2.75, 3.05) is 9.80 Å². The van der Waals surface area contributed by atoms with Gasteiger partial charge in [0, 0.05) is 27.6 Å². The van der Waals surface area contributed by atoms with Gasteiger partial charge in [-0.25, -0.2) is 14.6 Å². The molecule has 4 amide bonds. The van der Waals surface area contributed by atoms with Gasteiger partial charge in [0.2, 0.25) is 0 Å². The van der Waals surface area contributed by atoms with Gasteiger partial charge in [-0.2, -0.15) is 15.8 Å². The second-order valence-electron chi connectivity index (χ2n) is 10.4. The van der Waals surface area contributed by atoms with E-state index in [1.165, 1.54) is 84.9 Å². The zero-order chi connectivity index (χ0) is 33.0. The number of anilines is 2. The van der Waals surface area contributed by atoms with Crippen LogP contribution in [0.4, 0.5) is 17.1 Å². The Morgan fingerprint density at radius 3 is 1.77 bits per heavy atom. The third-order valence-electron chi connectivity index (χ3n) is 7.92. The second kappa shape index (κ2) is 10.5. The first kappa shape index (κ1) is 28.2. The van der Waals surface area contributed by atoms with Crippen molar-refractivity contribution < 1.29 is 23.9 Å². The van der Waals surface area contributed by atoms with Crippen LogP contribution in [0, 0.1) is 40.6 Å². The van der Waals surface area contributed by atoms with Gasteiger partial charge in [-0.05, 0) is 72.8 Å². The third kappa shape index (κ3) is 4.17. The first-order chi connectivity index (χ1) is 22.8. The summed E-state index contributed by atoms with van der Waals surface area (Å²) in [6, 6.07) is 25.8. The molecule has 0 unspecified atom stereocenters. The number of hydrogen-bond acceptors (Lipinski definition) is 8. The number of ether oxygens (including phenoxy) is 1. The summed E-state index contributed by atoms with van der Waals surface area (Å²) in [6.07, 6.45) is 0. The van der Waals surface area contributed by atoms with Crippen LogP contribution in [0.2, 0.25) is 0 Å². The molecule has 5 aromatic rings. The van der Waals surface area contributed by atoms with Crippen LogP contribution < -0.4 is 14.5 Å². The average Bonchev–Trinajstić information content (AvgIpc) is 3.10. The fraction of sp³-hybridized carbons (Fsp3) is 0. The van der Waals surface area contributed by atoms with Gasteiger partial charge in [0.05, 0.1) is 46.1 Å². The molecular weight excluding hydrogens is 596 g/mol. The van der Waals surface area contributed by atoms with Crippen molar-refractivity contribution in [3.05, 3.63) is 135 Å². The molecule has 5 aromatic carbocycles. The number of rotatable bonds is 4. The Bertz CT molecular complexity index is 2460. The topological polar surface area (TPSA) is 160 Å². The summed E-state index contributed by atoms with van der Waals surface area (Å²) in [5.41, 5.74) is 1.09. The fourth-order valence-electron chi connectivity index (χ4n) is 5.75. The molecule has 0 saturated carbocycles. The number of imide groups is 2. The van der Waals surface area contributed by atoms with E-state index in [4.69, 9.17) is 11.3 Å². The predicted octanol–water partition coefficient (Wildman–Crippen LogP) is 6.40. The molecule has 47 heavy (non-hydrogen) atoms. The highest BCUT2D eigenvalue weighted by Crippen LogP contribution is 2.45. The first-order valence-electron chi connectivity index (χ1n) is 13.8. The molecule has 0 fully saturated rings. The van der Waals surface area contributed by atoms with Gasteiger partial charge in [0.1, 0.15) is 23.6 Å². The van der Waals surface area contributed by atoms with Crippen molar-refractivity contribution in [3.8, 4) is 29.7 Å². The van der Waals surface area contributed by atoms with Crippen LogP contribution in [-0.2, 0) is 0 Å². The molecule has 7 rings (SSSR count). The molecular formula is C36H14N6O5. The number of nitrogens with zero attached hydrogens (tertiary/aromatic N) is 6. The average molecular weight is 611 g/mol. The molecule has 0 aromatic heterocycles. The number of carbonyl (C=O) groups is 4. The van der Waals surface area contributed by atoms with E-state index in [-0.39, 0.29) is 67.0 Å². The molecule has 0 spiro atoms. The summed E-state index contributed by atoms with van der Waals surface area (Å²) in [6.45, 7) is 7.24. The standard InChI is InChI=1S/C36H14N6O5/c1-40-22-5-9-24(10-6-22)42-34(44)27-13-12-26-30-28(35(45)41(33(26)43)23-7-2-19(16-37)3-8-23)15-29(32(31(27)30)36(42)46)47-25-11-4-20(17-38)21(14-25)18-39/h2-15H. The van der Waals surface area contributed by atoms with Crippen LogP contribution in [-0.4, -0.2) is 23.6 Å². The number of carbonyl (C=O) groups excluding carboxylic acids is 4. The van der Waals surface area contributed by atoms with Gasteiger partial charge in [0.25, 0.3) is 23.6 Å². The lowest BCUT2D eigenvalue weighted by Crippen LogP contribution is -2.43. The molecule has 11 heteroatoms. The van der Waals surface area contributed by atoms with Gasteiger partial charge in [-0.15, -0.1) is 0 Å². The van der Waals surface area contributed by atoms with Crippen molar-refractivity contribution in [2.24, 2.45) is 0 Å². The van der Waals surface area contributed by atoms with Crippen LogP contribution in [0.5, 0.6) is 11.5 Å². The van der Waals surface area contributed by atoms with Crippen LogP contribution in [0.15, 0.2) is 84.9 Å². The molecule has 0 aliphatic carbocycles. The number of nitriles is 3. The zero-order valence-electron chi connectivity index (χ0n) is 23.8. The van der Waals surface area contributed by atoms with Crippen LogP contribution in [0.3, 0.4) is 0 Å². The Kier molecular flexibility index (Phi) is 6.32. The normalized spacial score (nSPS) is 13.1. The molecule has 0 radical (unpaired) electrons. The van der Waals surface area contributed by atoms with E-state index >= 15 is 0 Å². The lowest BCUT2D eigenvalue weighted by atomic mass is 9.85. The Morgan fingerprint density at radius 1 is 0.596 bits per heavy atom. The Hall–Kier alpha value is -7.60. The van der Waals surface area contributed by atoms with Crippen molar-refractivity contribution in [2.45, 2.75) is 0 Å². The van der Waals surface area contributed by atoms with Gasteiger partial charge < -0.3 is 4.74 Å². The smallest absolute Gasteiger partial charge is 0.269 e. The van der Waals surface area contributed by atoms with Crippen molar-refractivity contribution in [1.29, 1.82) is 15.8 Å². The van der Waals surface area contributed by atoms with E-state index in [1.54, 1.807) is 0 Å². The van der Waals surface area contributed by atoms with Gasteiger partial charge in [0.15, 0.2) is 5.69 Å². The minimum Gasteiger partial charge on any atom is -0.456 e. The monoisotopic (exact) mass is 610 g/mol. The van der Waals surface area contributed by atoms with Crippen LogP contribution in [0.1, 0.15) is 58.1 Å². The van der Waals surface area contributed by atoms with Gasteiger partial charge in [-0.1, -0.05) is 12.1 Å². The summed E-state index contributed by atoms with van der Waals surface area (Å²) < 4.78 is 6.17. The highest BCUT2D eigenvalue weighted by Gasteiger charge is 2.43. The van der Waals surface area contributed by atoms with E-state index in [2.05, 4.69) is 4.85 Å². The summed E-state index contributed by atoms with van der Waals surface area (Å²) in [7, 11) is 0. The Balaban J connectivity index is 1.48. The van der Waals surface area contributed by atoms with Crippen molar-refractivity contribution in [1.82, 2.24) is 0 Å². The second-order valence-corrected chi connectivity index (χ2v) is 10.4. The molecule has 0 atom stereocenters. The zero-order valence-corrected chi connectivity index (χ0v) is 23.8. The highest BCUT2D eigenvalue weighted by atomic mass is 16.5. The summed E-state index contributed by atoms with van der Waals surface area (Å²) in [5, 5.41) is 28.3. The van der Waals surface area contributed by atoms with E-state index in [9.17, 15) is 35.0 Å².